The maximum absolute atomic E-state index is 5.33. The summed E-state index contributed by atoms with van der Waals surface area (Å²) in [6.07, 6.45) is 1.51. The number of nitrogens with zero attached hydrogens (tertiary/aromatic N) is 3. The van der Waals surface area contributed by atoms with Crippen LogP contribution in [-0.2, 0) is 0 Å². The van der Waals surface area contributed by atoms with E-state index in [-0.39, 0.29) is 0 Å². The Hall–Kier alpha value is -2.70. The smallest absolute Gasteiger partial charge is 0.203 e. The average molecular weight is 304 g/mol. The molecule has 0 radical (unpaired) electrons. The minimum absolute atomic E-state index is 0.548. The van der Waals surface area contributed by atoms with Crippen LogP contribution in [0.2, 0.25) is 0 Å². The predicted molar refractivity (Wildman–Crippen MR) is 85.7 cm³/mol. The molecule has 22 heavy (non-hydrogen) atoms. The second-order valence-corrected chi connectivity index (χ2v) is 4.69. The number of nitrogens with one attached hydrogen (secondary N) is 1. The second kappa shape index (κ2) is 6.84. The minimum Gasteiger partial charge on any atom is -0.493 e. The molecule has 0 bridgehead atoms. The maximum atomic E-state index is 5.33. The summed E-state index contributed by atoms with van der Waals surface area (Å²) >= 11 is 0. The molecule has 7 heteroatoms. The first-order chi connectivity index (χ1) is 10.6. The van der Waals surface area contributed by atoms with E-state index < -0.39 is 0 Å². The quantitative estimate of drug-likeness (QED) is 0.878. The second-order valence-electron chi connectivity index (χ2n) is 4.69. The maximum Gasteiger partial charge on any atom is 0.203 e. The monoisotopic (exact) mass is 304 g/mol. The highest BCUT2D eigenvalue weighted by Gasteiger charge is 2.13. The van der Waals surface area contributed by atoms with Gasteiger partial charge in [0, 0.05) is 38.0 Å². The Bertz CT molecular complexity index is 621. The van der Waals surface area contributed by atoms with E-state index in [0.29, 0.717) is 23.1 Å². The fourth-order valence-corrected chi connectivity index (χ4v) is 1.96. The van der Waals surface area contributed by atoms with Crippen molar-refractivity contribution in [2.45, 2.75) is 0 Å². The normalized spacial score (nSPS) is 10.0. The third kappa shape index (κ3) is 3.30. The fraction of sp³-hybridized carbons (Fsp3) is 0.333. The molecule has 0 amide bonds. The van der Waals surface area contributed by atoms with Crippen molar-refractivity contribution in [2.24, 2.45) is 0 Å². The summed E-state index contributed by atoms with van der Waals surface area (Å²) in [5.74, 6) is 3.18. The summed E-state index contributed by atoms with van der Waals surface area (Å²) in [6, 6.07) is 5.49. The first-order valence-corrected chi connectivity index (χ1v) is 6.65. The van der Waals surface area contributed by atoms with E-state index in [9.17, 15) is 0 Å². The van der Waals surface area contributed by atoms with E-state index in [4.69, 9.17) is 14.2 Å². The van der Waals surface area contributed by atoms with Crippen LogP contribution in [0.15, 0.2) is 24.5 Å². The molecule has 1 N–H and O–H groups in total. The molecular weight excluding hydrogens is 284 g/mol. The van der Waals surface area contributed by atoms with Crippen molar-refractivity contribution in [1.82, 2.24) is 9.97 Å². The Labute approximate surface area is 129 Å². The molecule has 1 heterocycles. The highest BCUT2D eigenvalue weighted by molar-refractivity contribution is 5.67. The lowest BCUT2D eigenvalue weighted by Crippen LogP contribution is -2.11. The predicted octanol–water partition coefficient (Wildman–Crippen LogP) is 2.31. The first-order valence-electron chi connectivity index (χ1n) is 6.65. The van der Waals surface area contributed by atoms with Crippen molar-refractivity contribution in [3.8, 4) is 17.2 Å². The van der Waals surface area contributed by atoms with Crippen LogP contribution in [0.3, 0.4) is 0 Å². The molecule has 0 unspecified atom stereocenters. The van der Waals surface area contributed by atoms with Gasteiger partial charge in [-0.3, -0.25) is 0 Å². The van der Waals surface area contributed by atoms with Crippen LogP contribution < -0.4 is 24.4 Å². The van der Waals surface area contributed by atoms with Crippen molar-refractivity contribution in [2.75, 3.05) is 45.6 Å². The number of hydrogen-bond acceptors (Lipinski definition) is 7. The topological polar surface area (TPSA) is 68.7 Å². The summed E-state index contributed by atoms with van der Waals surface area (Å²) < 4.78 is 16.0. The Morgan fingerprint density at radius 1 is 0.909 bits per heavy atom. The van der Waals surface area contributed by atoms with Crippen molar-refractivity contribution < 1.29 is 14.2 Å². The number of hydrogen-bond donors (Lipinski definition) is 1. The van der Waals surface area contributed by atoms with Gasteiger partial charge in [0.05, 0.1) is 21.3 Å². The van der Waals surface area contributed by atoms with Crippen molar-refractivity contribution in [3.63, 3.8) is 0 Å². The zero-order valence-electron chi connectivity index (χ0n) is 13.4. The highest BCUT2D eigenvalue weighted by atomic mass is 16.5. The third-order valence-corrected chi connectivity index (χ3v) is 3.05. The van der Waals surface area contributed by atoms with Crippen molar-refractivity contribution in [1.29, 1.82) is 0 Å². The summed E-state index contributed by atoms with van der Waals surface area (Å²) in [5.41, 5.74) is 0.776. The molecule has 0 aliphatic carbocycles. The Morgan fingerprint density at radius 3 is 2.05 bits per heavy atom. The van der Waals surface area contributed by atoms with Crippen LogP contribution in [0, 0.1) is 0 Å². The fourth-order valence-electron chi connectivity index (χ4n) is 1.96. The Balaban J connectivity index is 2.35. The number of ether oxygens (including phenoxy) is 3. The molecule has 7 nitrogen and oxygen atoms in total. The molecule has 0 aliphatic heterocycles. The molecule has 0 aliphatic rings. The summed E-state index contributed by atoms with van der Waals surface area (Å²) in [6.45, 7) is 0. The van der Waals surface area contributed by atoms with Crippen LogP contribution in [0.4, 0.5) is 17.3 Å². The summed E-state index contributed by atoms with van der Waals surface area (Å²) in [4.78, 5) is 10.3. The zero-order chi connectivity index (χ0) is 16.1. The van der Waals surface area contributed by atoms with Crippen molar-refractivity contribution >= 4 is 17.3 Å². The molecule has 0 spiro atoms. The molecule has 1 aromatic carbocycles. The molecule has 0 saturated carbocycles. The van der Waals surface area contributed by atoms with Gasteiger partial charge in [-0.1, -0.05) is 0 Å². The van der Waals surface area contributed by atoms with Crippen LogP contribution >= 0.6 is 0 Å². The van der Waals surface area contributed by atoms with Crippen LogP contribution in [-0.4, -0.2) is 45.4 Å². The molecular formula is C15H20N4O3. The third-order valence-electron chi connectivity index (χ3n) is 3.05. The molecule has 0 saturated heterocycles. The number of anilines is 3. The van der Waals surface area contributed by atoms with Gasteiger partial charge < -0.3 is 24.4 Å². The molecule has 1 aromatic heterocycles. The highest BCUT2D eigenvalue weighted by Crippen LogP contribution is 2.40. The average Bonchev–Trinajstić information content (AvgIpc) is 2.54. The van der Waals surface area contributed by atoms with Crippen molar-refractivity contribution in [3.05, 3.63) is 24.5 Å². The summed E-state index contributed by atoms with van der Waals surface area (Å²) in [7, 11) is 8.57. The SMILES string of the molecule is COc1cc(Nc2cc(N(C)C)ncn2)cc(OC)c1OC. The van der Waals surface area contributed by atoms with Crippen LogP contribution in [0.1, 0.15) is 0 Å². The van der Waals surface area contributed by atoms with Gasteiger partial charge in [0.25, 0.3) is 0 Å². The zero-order valence-corrected chi connectivity index (χ0v) is 13.4. The standard InChI is InChI=1S/C15H20N4O3/c1-19(2)14-8-13(16-9-17-14)18-10-6-11(20-3)15(22-5)12(7-10)21-4/h6-9H,1-5H3,(H,16,17,18). The molecule has 2 aromatic rings. The van der Waals surface area contributed by atoms with Gasteiger partial charge in [0.1, 0.15) is 18.0 Å². The van der Waals surface area contributed by atoms with E-state index in [2.05, 4.69) is 15.3 Å². The minimum atomic E-state index is 0.548. The van der Waals surface area contributed by atoms with Gasteiger partial charge >= 0.3 is 0 Å². The lowest BCUT2D eigenvalue weighted by Gasteiger charge is -2.15. The van der Waals surface area contributed by atoms with E-state index in [0.717, 1.165) is 11.5 Å². The lowest BCUT2D eigenvalue weighted by molar-refractivity contribution is 0.324. The van der Waals surface area contributed by atoms with Crippen LogP contribution in [0.5, 0.6) is 17.2 Å². The molecule has 118 valence electrons. The number of benzene rings is 1. The van der Waals surface area contributed by atoms with Gasteiger partial charge in [-0.05, 0) is 0 Å². The van der Waals surface area contributed by atoms with Crippen LogP contribution in [0.25, 0.3) is 0 Å². The van der Waals surface area contributed by atoms with Gasteiger partial charge in [-0.25, -0.2) is 9.97 Å². The first kappa shape index (κ1) is 15.7. The molecule has 0 atom stereocenters. The number of methoxy groups -OCH3 is 3. The Morgan fingerprint density at radius 2 is 1.55 bits per heavy atom. The lowest BCUT2D eigenvalue weighted by atomic mass is 10.2. The number of rotatable bonds is 6. The largest absolute Gasteiger partial charge is 0.493 e. The van der Waals surface area contributed by atoms with Gasteiger partial charge in [-0.2, -0.15) is 0 Å². The van der Waals surface area contributed by atoms with E-state index in [1.54, 1.807) is 21.3 Å². The van der Waals surface area contributed by atoms with Gasteiger partial charge in [0.2, 0.25) is 5.75 Å². The van der Waals surface area contributed by atoms with E-state index >= 15 is 0 Å². The molecule has 0 fully saturated rings. The Kier molecular flexibility index (Phi) is 4.88. The van der Waals surface area contributed by atoms with Gasteiger partial charge in [-0.15, -0.1) is 0 Å². The van der Waals surface area contributed by atoms with E-state index in [1.807, 2.05) is 37.2 Å². The molecule has 2 rings (SSSR count). The number of aromatic nitrogens is 2. The summed E-state index contributed by atoms with van der Waals surface area (Å²) in [5, 5.41) is 3.21. The van der Waals surface area contributed by atoms with E-state index in [1.165, 1.54) is 6.33 Å². The van der Waals surface area contributed by atoms with Gasteiger partial charge in [0.15, 0.2) is 11.5 Å².